The fraction of sp³-hybridized carbons (Fsp3) is 0.429. The Morgan fingerprint density at radius 1 is 1.35 bits per heavy atom. The third kappa shape index (κ3) is 2.02. The summed E-state index contributed by atoms with van der Waals surface area (Å²) in [5.41, 5.74) is 8.42. The van der Waals surface area contributed by atoms with Crippen molar-refractivity contribution in [3.63, 3.8) is 0 Å². The highest BCUT2D eigenvalue weighted by molar-refractivity contribution is 9.10. The lowest BCUT2D eigenvalue weighted by Crippen LogP contribution is -2.00. The molecule has 3 rings (SSSR count). The molecule has 0 aliphatic heterocycles. The van der Waals surface area contributed by atoms with Crippen LogP contribution in [-0.2, 0) is 6.42 Å². The minimum atomic E-state index is 0.735. The summed E-state index contributed by atoms with van der Waals surface area (Å²) in [7, 11) is 0. The summed E-state index contributed by atoms with van der Waals surface area (Å²) in [6.45, 7) is 0.764. The van der Waals surface area contributed by atoms with Gasteiger partial charge in [-0.3, -0.25) is 0 Å². The summed E-state index contributed by atoms with van der Waals surface area (Å²) in [6.07, 6.45) is 7.13. The summed E-state index contributed by atoms with van der Waals surface area (Å²) >= 11 is 3.68. The lowest BCUT2D eigenvalue weighted by Gasteiger charge is -2.02. The summed E-state index contributed by atoms with van der Waals surface area (Å²) in [6, 6.07) is 7.21. The van der Waals surface area contributed by atoms with E-state index >= 15 is 0 Å². The molecule has 0 saturated heterocycles. The first-order chi connectivity index (χ1) is 8.31. The molecule has 90 valence electrons. The molecule has 2 aromatic rings. The first-order valence-corrected chi connectivity index (χ1v) is 7.08. The van der Waals surface area contributed by atoms with Crippen molar-refractivity contribution in [2.75, 3.05) is 6.54 Å². The van der Waals surface area contributed by atoms with Gasteiger partial charge in [-0.2, -0.15) is 0 Å². The lowest BCUT2D eigenvalue weighted by atomic mass is 10.1. The molecule has 0 amide bonds. The minimum Gasteiger partial charge on any atom is -0.344 e. The molecule has 1 saturated carbocycles. The summed E-state index contributed by atoms with van der Waals surface area (Å²) in [5.74, 6) is 0. The van der Waals surface area contributed by atoms with Crippen molar-refractivity contribution < 1.29 is 0 Å². The molecular formula is C14H17BrN2. The Kier molecular flexibility index (Phi) is 2.97. The van der Waals surface area contributed by atoms with Crippen LogP contribution in [0.1, 0.15) is 30.9 Å². The van der Waals surface area contributed by atoms with E-state index in [1.165, 1.54) is 33.8 Å². The van der Waals surface area contributed by atoms with Gasteiger partial charge in [0, 0.05) is 27.6 Å². The van der Waals surface area contributed by atoms with Gasteiger partial charge in [0.1, 0.15) is 0 Å². The molecule has 17 heavy (non-hydrogen) atoms. The van der Waals surface area contributed by atoms with E-state index in [1.807, 2.05) is 0 Å². The predicted octanol–water partition coefficient (Wildman–Crippen LogP) is 3.63. The Morgan fingerprint density at radius 3 is 2.88 bits per heavy atom. The zero-order valence-corrected chi connectivity index (χ0v) is 11.4. The van der Waals surface area contributed by atoms with E-state index in [0.29, 0.717) is 0 Å². The largest absolute Gasteiger partial charge is 0.344 e. The van der Waals surface area contributed by atoms with Crippen molar-refractivity contribution in [3.05, 3.63) is 34.4 Å². The predicted molar refractivity (Wildman–Crippen MR) is 75.3 cm³/mol. The molecule has 0 spiro atoms. The Bertz CT molecular complexity index is 540. The van der Waals surface area contributed by atoms with Gasteiger partial charge in [-0.1, -0.05) is 22.0 Å². The van der Waals surface area contributed by atoms with Gasteiger partial charge in [-0.25, -0.2) is 0 Å². The average Bonchev–Trinajstić information content (AvgIpc) is 3.10. The number of nitrogens with zero attached hydrogens (tertiary/aromatic N) is 1. The molecule has 1 aliphatic rings. The van der Waals surface area contributed by atoms with Gasteiger partial charge in [0.05, 0.1) is 0 Å². The van der Waals surface area contributed by atoms with Crippen LogP contribution < -0.4 is 5.73 Å². The van der Waals surface area contributed by atoms with Gasteiger partial charge in [0.15, 0.2) is 0 Å². The van der Waals surface area contributed by atoms with Gasteiger partial charge in [-0.15, -0.1) is 0 Å². The Balaban J connectivity index is 2.13. The summed E-state index contributed by atoms with van der Waals surface area (Å²) in [5, 5.41) is 1.38. The zero-order chi connectivity index (χ0) is 11.8. The highest BCUT2D eigenvalue weighted by Crippen LogP contribution is 2.40. The molecule has 2 nitrogen and oxygen atoms in total. The summed E-state index contributed by atoms with van der Waals surface area (Å²) in [4.78, 5) is 0. The third-order valence-electron chi connectivity index (χ3n) is 3.48. The highest BCUT2D eigenvalue weighted by Gasteiger charge is 2.26. The van der Waals surface area contributed by atoms with Crippen molar-refractivity contribution >= 4 is 26.8 Å². The number of aromatic nitrogens is 1. The second-order valence-corrected chi connectivity index (χ2v) is 5.67. The van der Waals surface area contributed by atoms with Crippen LogP contribution >= 0.6 is 15.9 Å². The number of hydrogen-bond donors (Lipinski definition) is 1. The zero-order valence-electron chi connectivity index (χ0n) is 9.82. The second kappa shape index (κ2) is 4.46. The number of halogens is 1. The molecule has 0 atom stereocenters. The van der Waals surface area contributed by atoms with E-state index in [9.17, 15) is 0 Å². The second-order valence-electron chi connectivity index (χ2n) is 4.82. The lowest BCUT2D eigenvalue weighted by molar-refractivity contribution is 0.764. The van der Waals surface area contributed by atoms with Crippen LogP contribution in [0.5, 0.6) is 0 Å². The van der Waals surface area contributed by atoms with Crippen molar-refractivity contribution in [1.82, 2.24) is 4.57 Å². The van der Waals surface area contributed by atoms with E-state index in [4.69, 9.17) is 5.73 Å². The van der Waals surface area contributed by atoms with Crippen LogP contribution in [0.2, 0.25) is 0 Å². The normalized spacial score (nSPS) is 15.6. The first-order valence-electron chi connectivity index (χ1n) is 6.29. The quantitative estimate of drug-likeness (QED) is 0.917. The molecule has 2 N–H and O–H groups in total. The number of aryl methyl sites for hydroxylation is 1. The van der Waals surface area contributed by atoms with Crippen LogP contribution in [0.25, 0.3) is 10.9 Å². The fourth-order valence-electron chi connectivity index (χ4n) is 2.48. The van der Waals surface area contributed by atoms with E-state index in [0.717, 1.165) is 25.4 Å². The molecule has 0 unspecified atom stereocenters. The van der Waals surface area contributed by atoms with Crippen LogP contribution in [0.4, 0.5) is 0 Å². The van der Waals surface area contributed by atoms with Crippen LogP contribution in [-0.4, -0.2) is 11.1 Å². The number of fused-ring (bicyclic) bond motifs is 1. The molecular weight excluding hydrogens is 276 g/mol. The minimum absolute atomic E-state index is 0.735. The first kappa shape index (κ1) is 11.3. The maximum absolute atomic E-state index is 5.62. The van der Waals surface area contributed by atoms with E-state index in [1.54, 1.807) is 0 Å². The van der Waals surface area contributed by atoms with E-state index < -0.39 is 0 Å². The molecule has 0 bridgehead atoms. The molecule has 3 heteroatoms. The topological polar surface area (TPSA) is 30.9 Å². The van der Waals surface area contributed by atoms with Crippen molar-refractivity contribution in [1.29, 1.82) is 0 Å². The fourth-order valence-corrected chi connectivity index (χ4v) is 3.10. The van der Waals surface area contributed by atoms with E-state index in [-0.39, 0.29) is 0 Å². The van der Waals surface area contributed by atoms with Crippen molar-refractivity contribution in [3.8, 4) is 0 Å². The van der Waals surface area contributed by atoms with Gasteiger partial charge in [-0.05, 0) is 49.9 Å². The highest BCUT2D eigenvalue weighted by atomic mass is 79.9. The molecule has 1 aliphatic carbocycles. The Hall–Kier alpha value is -0.800. The molecule has 1 aromatic heterocycles. The van der Waals surface area contributed by atoms with Crippen LogP contribution in [0.15, 0.2) is 28.9 Å². The van der Waals surface area contributed by atoms with Gasteiger partial charge in [0.2, 0.25) is 0 Å². The molecule has 1 heterocycles. The Morgan fingerprint density at radius 2 is 2.18 bits per heavy atom. The van der Waals surface area contributed by atoms with Crippen LogP contribution in [0.3, 0.4) is 0 Å². The van der Waals surface area contributed by atoms with Crippen molar-refractivity contribution in [2.45, 2.75) is 31.7 Å². The van der Waals surface area contributed by atoms with Gasteiger partial charge in [0.25, 0.3) is 0 Å². The van der Waals surface area contributed by atoms with Gasteiger partial charge >= 0.3 is 0 Å². The Labute approximate surface area is 110 Å². The van der Waals surface area contributed by atoms with Crippen LogP contribution in [0, 0.1) is 0 Å². The average molecular weight is 293 g/mol. The molecule has 1 aromatic carbocycles. The smallest absolute Gasteiger partial charge is 0.0497 e. The third-order valence-corrected chi connectivity index (χ3v) is 4.14. The number of rotatable bonds is 4. The van der Waals surface area contributed by atoms with Gasteiger partial charge < -0.3 is 10.3 Å². The van der Waals surface area contributed by atoms with Crippen molar-refractivity contribution in [2.24, 2.45) is 5.73 Å². The molecule has 0 radical (unpaired) electrons. The number of hydrogen-bond acceptors (Lipinski definition) is 1. The van der Waals surface area contributed by atoms with E-state index in [2.05, 4.69) is 44.9 Å². The number of nitrogens with two attached hydrogens (primary N) is 1. The monoisotopic (exact) mass is 292 g/mol. The maximum Gasteiger partial charge on any atom is 0.0497 e. The summed E-state index contributed by atoms with van der Waals surface area (Å²) < 4.78 is 3.66. The molecule has 1 fully saturated rings. The number of benzene rings is 1. The standard InChI is InChI=1S/C14H17BrN2/c15-12-4-1-5-13-14(12)10(3-2-8-16)9-17(13)11-6-7-11/h1,4-5,9,11H,2-3,6-8,16H2. The maximum atomic E-state index is 5.62. The SMILES string of the molecule is NCCCc1cn(C2CC2)c2cccc(Br)c12.